The van der Waals surface area contributed by atoms with E-state index in [1.165, 1.54) is 12.1 Å². The number of nitrogens with zero attached hydrogens (tertiary/aromatic N) is 1. The molecule has 1 aromatic rings. The first-order chi connectivity index (χ1) is 8.08. The van der Waals surface area contributed by atoms with E-state index >= 15 is 0 Å². The minimum Gasteiger partial charge on any atom is -0.507 e. The fourth-order valence-electron chi connectivity index (χ4n) is 1.97. The molecule has 0 bridgehead atoms. The largest absolute Gasteiger partial charge is 0.507 e. The lowest BCUT2D eigenvalue weighted by Crippen LogP contribution is -2.51. The molecule has 2 rings (SSSR count). The van der Waals surface area contributed by atoms with Gasteiger partial charge in [-0.3, -0.25) is 4.79 Å². The molecule has 0 aliphatic carbocycles. The lowest BCUT2D eigenvalue weighted by molar-refractivity contribution is 0.0706. The molecule has 0 spiro atoms. The molecule has 1 saturated heterocycles. The highest BCUT2D eigenvalue weighted by Crippen LogP contribution is 2.23. The van der Waals surface area contributed by atoms with Crippen LogP contribution < -0.4 is 5.32 Å². The Balaban J connectivity index is 2.21. The van der Waals surface area contributed by atoms with Crippen LogP contribution in [0.2, 0.25) is 5.02 Å². The number of hydrogen-bond donors (Lipinski definition) is 2. The number of hydrogen-bond acceptors (Lipinski definition) is 3. The number of amides is 1. The van der Waals surface area contributed by atoms with Crippen molar-refractivity contribution >= 4 is 17.5 Å². The summed E-state index contributed by atoms with van der Waals surface area (Å²) >= 11 is 5.83. The first-order valence-electron chi connectivity index (χ1n) is 5.59. The van der Waals surface area contributed by atoms with Crippen molar-refractivity contribution in [3.05, 3.63) is 28.8 Å². The molecule has 2 N–H and O–H groups in total. The Morgan fingerprint density at radius 3 is 3.06 bits per heavy atom. The average Bonchev–Trinajstić information content (AvgIpc) is 2.31. The lowest BCUT2D eigenvalue weighted by Gasteiger charge is -2.32. The molecule has 0 saturated carbocycles. The highest BCUT2D eigenvalue weighted by Gasteiger charge is 2.23. The normalized spacial score (nSPS) is 20.4. The second-order valence-electron chi connectivity index (χ2n) is 4.27. The number of phenolic OH excluding ortho intramolecular Hbond substituents is 1. The molecule has 1 aliphatic rings. The standard InChI is InChI=1S/C12H15ClN2O2/c1-8-7-15(5-4-14-8)12(17)10-6-9(13)2-3-11(10)16/h2-3,6,8,14,16H,4-5,7H2,1H3/t8-/m0/s1. The van der Waals surface area contributed by atoms with Crippen molar-refractivity contribution in [1.29, 1.82) is 0 Å². The van der Waals surface area contributed by atoms with E-state index in [0.717, 1.165) is 6.54 Å². The number of aromatic hydroxyl groups is 1. The summed E-state index contributed by atoms with van der Waals surface area (Å²) in [5.74, 6) is -0.191. The molecule has 1 aliphatic heterocycles. The van der Waals surface area contributed by atoms with Crippen molar-refractivity contribution in [3.63, 3.8) is 0 Å². The molecule has 0 unspecified atom stereocenters. The minimum absolute atomic E-state index is 0.0226. The van der Waals surface area contributed by atoms with Gasteiger partial charge in [-0.05, 0) is 25.1 Å². The minimum atomic E-state index is -0.168. The van der Waals surface area contributed by atoms with Crippen LogP contribution in [0.25, 0.3) is 0 Å². The summed E-state index contributed by atoms with van der Waals surface area (Å²) in [5.41, 5.74) is 0.270. The topological polar surface area (TPSA) is 52.6 Å². The number of carbonyl (C=O) groups excluding carboxylic acids is 1. The van der Waals surface area contributed by atoms with Gasteiger partial charge in [0.2, 0.25) is 0 Å². The maximum absolute atomic E-state index is 12.2. The molecule has 1 amide bonds. The van der Waals surface area contributed by atoms with Crippen LogP contribution in [0.3, 0.4) is 0 Å². The fourth-order valence-corrected chi connectivity index (χ4v) is 2.14. The maximum Gasteiger partial charge on any atom is 0.257 e. The number of piperazine rings is 1. The summed E-state index contributed by atoms with van der Waals surface area (Å²) in [6.45, 7) is 4.09. The summed E-state index contributed by atoms with van der Waals surface area (Å²) in [5, 5.41) is 13.4. The third-order valence-corrected chi connectivity index (χ3v) is 3.08. The van der Waals surface area contributed by atoms with Gasteiger partial charge in [0.15, 0.2) is 0 Å². The van der Waals surface area contributed by atoms with E-state index < -0.39 is 0 Å². The van der Waals surface area contributed by atoms with Gasteiger partial charge < -0.3 is 15.3 Å². The maximum atomic E-state index is 12.2. The molecule has 92 valence electrons. The third kappa shape index (κ3) is 2.70. The quantitative estimate of drug-likeness (QED) is 0.798. The van der Waals surface area contributed by atoms with Crippen molar-refractivity contribution in [2.45, 2.75) is 13.0 Å². The number of nitrogens with one attached hydrogen (secondary N) is 1. The molecule has 1 aromatic carbocycles. The Morgan fingerprint density at radius 2 is 2.35 bits per heavy atom. The van der Waals surface area contributed by atoms with Crippen LogP contribution in [0.1, 0.15) is 17.3 Å². The summed E-state index contributed by atoms with van der Waals surface area (Å²) in [6, 6.07) is 4.79. The van der Waals surface area contributed by atoms with Crippen molar-refractivity contribution < 1.29 is 9.90 Å². The zero-order valence-electron chi connectivity index (χ0n) is 9.61. The Hall–Kier alpha value is -1.26. The van der Waals surface area contributed by atoms with Crippen LogP contribution in [0.4, 0.5) is 0 Å². The zero-order chi connectivity index (χ0) is 12.4. The molecule has 5 heteroatoms. The summed E-state index contributed by atoms with van der Waals surface area (Å²) in [4.78, 5) is 13.9. The van der Waals surface area contributed by atoms with Gasteiger partial charge in [-0.25, -0.2) is 0 Å². The smallest absolute Gasteiger partial charge is 0.257 e. The van der Waals surface area contributed by atoms with Crippen molar-refractivity contribution in [2.75, 3.05) is 19.6 Å². The number of halogens is 1. The Kier molecular flexibility index (Phi) is 3.54. The van der Waals surface area contributed by atoms with Gasteiger partial charge in [-0.2, -0.15) is 0 Å². The highest BCUT2D eigenvalue weighted by molar-refractivity contribution is 6.31. The Labute approximate surface area is 105 Å². The molecule has 0 aromatic heterocycles. The number of benzene rings is 1. The second kappa shape index (κ2) is 4.94. The van der Waals surface area contributed by atoms with E-state index in [1.54, 1.807) is 11.0 Å². The molecule has 1 fully saturated rings. The van der Waals surface area contributed by atoms with Crippen LogP contribution in [-0.4, -0.2) is 41.6 Å². The summed E-state index contributed by atoms with van der Waals surface area (Å²) < 4.78 is 0. The van der Waals surface area contributed by atoms with Crippen molar-refractivity contribution in [3.8, 4) is 5.75 Å². The molecule has 17 heavy (non-hydrogen) atoms. The molecular weight excluding hydrogens is 240 g/mol. The van der Waals surface area contributed by atoms with E-state index in [4.69, 9.17) is 11.6 Å². The van der Waals surface area contributed by atoms with E-state index in [-0.39, 0.29) is 23.3 Å². The van der Waals surface area contributed by atoms with Gasteiger partial charge in [-0.1, -0.05) is 11.6 Å². The monoisotopic (exact) mass is 254 g/mol. The fraction of sp³-hybridized carbons (Fsp3) is 0.417. The second-order valence-corrected chi connectivity index (χ2v) is 4.70. The van der Waals surface area contributed by atoms with E-state index in [2.05, 4.69) is 5.32 Å². The molecule has 1 heterocycles. The van der Waals surface area contributed by atoms with Gasteiger partial charge in [-0.15, -0.1) is 0 Å². The van der Waals surface area contributed by atoms with Crippen LogP contribution in [0, 0.1) is 0 Å². The number of carbonyl (C=O) groups is 1. The summed E-state index contributed by atoms with van der Waals surface area (Å²) in [7, 11) is 0. The highest BCUT2D eigenvalue weighted by atomic mass is 35.5. The molecule has 4 nitrogen and oxygen atoms in total. The van der Waals surface area contributed by atoms with E-state index in [0.29, 0.717) is 18.1 Å². The van der Waals surface area contributed by atoms with E-state index in [1.807, 2.05) is 6.92 Å². The van der Waals surface area contributed by atoms with Crippen LogP contribution in [0.5, 0.6) is 5.75 Å². The van der Waals surface area contributed by atoms with Gasteiger partial charge >= 0.3 is 0 Å². The Bertz CT molecular complexity index is 437. The molecule has 0 radical (unpaired) electrons. The SMILES string of the molecule is C[C@H]1CN(C(=O)c2cc(Cl)ccc2O)CCN1. The Morgan fingerprint density at radius 1 is 1.59 bits per heavy atom. The average molecular weight is 255 g/mol. The van der Waals surface area contributed by atoms with Crippen LogP contribution in [0.15, 0.2) is 18.2 Å². The number of rotatable bonds is 1. The first-order valence-corrected chi connectivity index (χ1v) is 5.97. The lowest BCUT2D eigenvalue weighted by atomic mass is 10.1. The van der Waals surface area contributed by atoms with Crippen LogP contribution >= 0.6 is 11.6 Å². The number of phenols is 1. The predicted molar refractivity (Wildman–Crippen MR) is 66.5 cm³/mol. The van der Waals surface area contributed by atoms with Crippen LogP contribution in [-0.2, 0) is 0 Å². The van der Waals surface area contributed by atoms with Crippen molar-refractivity contribution in [1.82, 2.24) is 10.2 Å². The van der Waals surface area contributed by atoms with Gasteiger partial charge in [0, 0.05) is 30.7 Å². The summed E-state index contributed by atoms with van der Waals surface area (Å²) in [6.07, 6.45) is 0. The zero-order valence-corrected chi connectivity index (χ0v) is 10.4. The van der Waals surface area contributed by atoms with Gasteiger partial charge in [0.25, 0.3) is 5.91 Å². The first kappa shape index (κ1) is 12.2. The van der Waals surface area contributed by atoms with Gasteiger partial charge in [0.05, 0.1) is 5.56 Å². The van der Waals surface area contributed by atoms with Crippen molar-refractivity contribution in [2.24, 2.45) is 0 Å². The predicted octanol–water partition coefficient (Wildman–Crippen LogP) is 1.48. The molecule has 1 atom stereocenters. The van der Waals surface area contributed by atoms with Gasteiger partial charge in [0.1, 0.15) is 5.75 Å². The third-order valence-electron chi connectivity index (χ3n) is 2.84. The molecular formula is C12H15ClN2O2. The van der Waals surface area contributed by atoms with E-state index in [9.17, 15) is 9.90 Å².